The molecule has 0 atom stereocenters. The lowest BCUT2D eigenvalue weighted by molar-refractivity contribution is -0.146. The molecule has 4 rings (SSSR count). The third kappa shape index (κ3) is 4.19. The van der Waals surface area contributed by atoms with E-state index >= 15 is 0 Å². The van der Waals surface area contributed by atoms with Crippen LogP contribution in [0.2, 0.25) is 0 Å². The van der Waals surface area contributed by atoms with E-state index in [4.69, 9.17) is 4.74 Å². The summed E-state index contributed by atoms with van der Waals surface area (Å²) in [7, 11) is 0. The van der Waals surface area contributed by atoms with Gasteiger partial charge in [0.1, 0.15) is 6.54 Å². The summed E-state index contributed by atoms with van der Waals surface area (Å²) in [5.74, 6) is -0.0990. The monoisotopic (exact) mass is 368 g/mol. The fraction of sp³-hybridized carbons (Fsp3) is 0.450. The largest absolute Gasteiger partial charge is 0.370 e. The zero-order valence-corrected chi connectivity index (χ0v) is 15.3. The Morgan fingerprint density at radius 2 is 1.89 bits per heavy atom. The van der Waals surface area contributed by atoms with Gasteiger partial charge in [0.2, 0.25) is 5.91 Å². The van der Waals surface area contributed by atoms with E-state index in [1.165, 1.54) is 4.68 Å². The first-order chi connectivity index (χ1) is 13.2. The van der Waals surface area contributed by atoms with Crippen LogP contribution in [0, 0.1) is 0 Å². The number of carbonyl (C=O) groups is 1. The number of nitrogens with zero attached hydrogens (tertiary/aromatic N) is 4. The molecule has 142 valence electrons. The Balaban J connectivity index is 1.26. The van der Waals surface area contributed by atoms with Crippen LogP contribution < -0.4 is 10.5 Å². The number of amides is 1. The average Bonchev–Trinajstić information content (AvgIpc) is 3.17. The van der Waals surface area contributed by atoms with Crippen molar-refractivity contribution in [3.8, 4) is 0 Å². The molecule has 1 aromatic carbocycles. The van der Waals surface area contributed by atoms with E-state index in [-0.39, 0.29) is 24.1 Å². The van der Waals surface area contributed by atoms with Crippen molar-refractivity contribution in [2.75, 3.05) is 31.1 Å². The van der Waals surface area contributed by atoms with Crippen molar-refractivity contribution < 1.29 is 9.53 Å². The standard InChI is InChI=1S/C20H24N4O3/c25-19-10-17(22-8-4-5-9-22)11-21-24(19)14-20(26)23-12-18(13-23)27-15-16-6-2-1-3-7-16/h1-3,6-7,10-11,18H,4-5,8-9,12-15H2. The molecule has 0 bridgehead atoms. The van der Waals surface area contributed by atoms with E-state index in [0.29, 0.717) is 19.7 Å². The minimum Gasteiger partial charge on any atom is -0.370 e. The predicted molar refractivity (Wildman–Crippen MR) is 102 cm³/mol. The lowest BCUT2D eigenvalue weighted by Gasteiger charge is -2.38. The number of carbonyl (C=O) groups excluding carboxylic acids is 1. The summed E-state index contributed by atoms with van der Waals surface area (Å²) in [5, 5.41) is 4.18. The van der Waals surface area contributed by atoms with Crippen LogP contribution in [0.5, 0.6) is 0 Å². The topological polar surface area (TPSA) is 67.7 Å². The minimum atomic E-state index is -0.231. The Bertz CT molecular complexity index is 840. The lowest BCUT2D eigenvalue weighted by Crippen LogP contribution is -2.56. The number of hydrogen-bond donors (Lipinski definition) is 0. The van der Waals surface area contributed by atoms with E-state index < -0.39 is 0 Å². The van der Waals surface area contributed by atoms with Gasteiger partial charge in [-0.1, -0.05) is 30.3 Å². The van der Waals surface area contributed by atoms with Gasteiger partial charge in [-0.15, -0.1) is 0 Å². The van der Waals surface area contributed by atoms with Gasteiger partial charge >= 0.3 is 0 Å². The first-order valence-electron chi connectivity index (χ1n) is 9.44. The fourth-order valence-corrected chi connectivity index (χ4v) is 3.45. The second kappa shape index (κ2) is 7.92. The van der Waals surface area contributed by atoms with Crippen LogP contribution in [-0.2, 0) is 22.7 Å². The first-order valence-corrected chi connectivity index (χ1v) is 9.44. The molecule has 2 aliphatic rings. The Morgan fingerprint density at radius 1 is 1.15 bits per heavy atom. The van der Waals surface area contributed by atoms with Crippen LogP contribution in [-0.4, -0.2) is 52.9 Å². The van der Waals surface area contributed by atoms with Crippen molar-refractivity contribution in [3.05, 3.63) is 58.5 Å². The van der Waals surface area contributed by atoms with Gasteiger partial charge in [-0.3, -0.25) is 9.59 Å². The molecule has 0 radical (unpaired) electrons. The maximum atomic E-state index is 12.4. The molecule has 7 heteroatoms. The predicted octanol–water partition coefficient (Wildman–Crippen LogP) is 1.27. The SMILES string of the molecule is O=C(Cn1ncc(N2CCCC2)cc1=O)N1CC(OCc2ccccc2)C1. The first kappa shape index (κ1) is 17.7. The third-order valence-corrected chi connectivity index (χ3v) is 5.14. The number of aromatic nitrogens is 2. The minimum absolute atomic E-state index is 0.0233. The summed E-state index contributed by atoms with van der Waals surface area (Å²) in [4.78, 5) is 28.5. The molecule has 27 heavy (non-hydrogen) atoms. The zero-order chi connectivity index (χ0) is 18.6. The molecular formula is C20H24N4O3. The van der Waals surface area contributed by atoms with Crippen LogP contribution in [0.4, 0.5) is 5.69 Å². The van der Waals surface area contributed by atoms with Crippen LogP contribution in [0.3, 0.4) is 0 Å². The van der Waals surface area contributed by atoms with Gasteiger partial charge in [0.05, 0.1) is 24.6 Å². The molecule has 0 N–H and O–H groups in total. The van der Waals surface area contributed by atoms with Crippen LogP contribution in [0.15, 0.2) is 47.4 Å². The van der Waals surface area contributed by atoms with Crippen LogP contribution in [0.25, 0.3) is 0 Å². The summed E-state index contributed by atoms with van der Waals surface area (Å²) < 4.78 is 7.04. The average molecular weight is 368 g/mol. The molecule has 1 aromatic heterocycles. The molecule has 2 aliphatic heterocycles. The molecular weight excluding hydrogens is 344 g/mol. The summed E-state index contributed by atoms with van der Waals surface area (Å²) in [6, 6.07) is 11.6. The highest BCUT2D eigenvalue weighted by molar-refractivity contribution is 5.76. The summed E-state index contributed by atoms with van der Waals surface area (Å²) >= 11 is 0. The van der Waals surface area contributed by atoms with Crippen molar-refractivity contribution in [1.82, 2.24) is 14.7 Å². The van der Waals surface area contributed by atoms with Gasteiger partial charge in [0.25, 0.3) is 5.56 Å². The Kier molecular flexibility index (Phi) is 5.20. The van der Waals surface area contributed by atoms with E-state index in [1.54, 1.807) is 17.2 Å². The third-order valence-electron chi connectivity index (χ3n) is 5.14. The molecule has 2 aromatic rings. The maximum absolute atomic E-state index is 12.4. The molecule has 3 heterocycles. The fourth-order valence-electron chi connectivity index (χ4n) is 3.45. The van der Waals surface area contributed by atoms with Gasteiger partial charge in [0.15, 0.2) is 0 Å². The van der Waals surface area contributed by atoms with Gasteiger partial charge in [-0.2, -0.15) is 5.10 Å². The van der Waals surface area contributed by atoms with E-state index in [9.17, 15) is 9.59 Å². The van der Waals surface area contributed by atoms with Crippen molar-refractivity contribution in [2.24, 2.45) is 0 Å². The smallest absolute Gasteiger partial charge is 0.269 e. The second-order valence-electron chi connectivity index (χ2n) is 7.12. The van der Waals surface area contributed by atoms with Crippen LogP contribution >= 0.6 is 0 Å². The Hall–Kier alpha value is -2.67. The number of rotatable bonds is 6. The van der Waals surface area contributed by atoms with Gasteiger partial charge in [0, 0.05) is 32.2 Å². The molecule has 2 saturated heterocycles. The Labute approximate surface area is 158 Å². The molecule has 0 unspecified atom stereocenters. The number of likely N-dealkylation sites (tertiary alicyclic amines) is 1. The van der Waals surface area contributed by atoms with Gasteiger partial charge < -0.3 is 14.5 Å². The highest BCUT2D eigenvalue weighted by atomic mass is 16.5. The normalized spacial score (nSPS) is 17.2. The molecule has 0 spiro atoms. The maximum Gasteiger partial charge on any atom is 0.269 e. The van der Waals surface area contributed by atoms with Gasteiger partial charge in [-0.05, 0) is 18.4 Å². The number of hydrogen-bond acceptors (Lipinski definition) is 5. The van der Waals surface area contributed by atoms with Crippen LogP contribution in [0.1, 0.15) is 18.4 Å². The number of benzene rings is 1. The Morgan fingerprint density at radius 3 is 2.59 bits per heavy atom. The van der Waals surface area contributed by atoms with Crippen molar-refractivity contribution in [1.29, 1.82) is 0 Å². The molecule has 0 saturated carbocycles. The summed E-state index contributed by atoms with van der Waals surface area (Å²) in [6.07, 6.45) is 4.02. The quantitative estimate of drug-likeness (QED) is 0.768. The van der Waals surface area contributed by atoms with E-state index in [1.807, 2.05) is 30.3 Å². The number of ether oxygens (including phenoxy) is 1. The molecule has 0 aliphatic carbocycles. The van der Waals surface area contributed by atoms with E-state index in [2.05, 4.69) is 10.00 Å². The molecule has 1 amide bonds. The van der Waals surface area contributed by atoms with Crippen molar-refractivity contribution >= 4 is 11.6 Å². The highest BCUT2D eigenvalue weighted by Crippen LogP contribution is 2.17. The zero-order valence-electron chi connectivity index (χ0n) is 15.3. The van der Waals surface area contributed by atoms with Crippen molar-refractivity contribution in [2.45, 2.75) is 32.1 Å². The number of anilines is 1. The van der Waals surface area contributed by atoms with Crippen molar-refractivity contribution in [3.63, 3.8) is 0 Å². The van der Waals surface area contributed by atoms with E-state index in [0.717, 1.165) is 37.2 Å². The second-order valence-corrected chi connectivity index (χ2v) is 7.12. The summed E-state index contributed by atoms with van der Waals surface area (Å²) in [5.41, 5.74) is 1.74. The summed E-state index contributed by atoms with van der Waals surface area (Å²) in [6.45, 7) is 3.57. The van der Waals surface area contributed by atoms with Gasteiger partial charge in [-0.25, -0.2) is 4.68 Å². The molecule has 7 nitrogen and oxygen atoms in total. The molecule has 2 fully saturated rings. The lowest BCUT2D eigenvalue weighted by atomic mass is 10.1. The highest BCUT2D eigenvalue weighted by Gasteiger charge is 2.31.